The normalized spacial score (nSPS) is 10.1. The molecule has 0 radical (unpaired) electrons. The van der Waals surface area contributed by atoms with Crippen molar-refractivity contribution in [1.29, 1.82) is 0 Å². The van der Waals surface area contributed by atoms with Gasteiger partial charge >= 0.3 is 5.97 Å². The van der Waals surface area contributed by atoms with Crippen molar-refractivity contribution >= 4 is 35.1 Å². The lowest BCUT2D eigenvalue weighted by molar-refractivity contribution is -0.143. The molecule has 4 nitrogen and oxygen atoms in total. The maximum atomic E-state index is 11.8. The van der Waals surface area contributed by atoms with E-state index in [4.69, 9.17) is 27.9 Å². The van der Waals surface area contributed by atoms with Crippen LogP contribution in [0.5, 0.6) is 0 Å². The molecule has 19 heavy (non-hydrogen) atoms. The Morgan fingerprint density at radius 3 is 2.74 bits per heavy atom. The Kier molecular flexibility index (Phi) is 6.67. The molecule has 1 rings (SSSR count). The van der Waals surface area contributed by atoms with E-state index in [2.05, 4.69) is 5.32 Å². The maximum absolute atomic E-state index is 11.8. The second-order valence-corrected chi connectivity index (χ2v) is 4.63. The first-order valence-corrected chi connectivity index (χ1v) is 6.69. The van der Waals surface area contributed by atoms with Crippen LogP contribution < -0.4 is 5.32 Å². The third kappa shape index (κ3) is 5.49. The van der Waals surface area contributed by atoms with Gasteiger partial charge in [-0.15, -0.1) is 0 Å². The second-order valence-electron chi connectivity index (χ2n) is 3.79. The molecule has 0 saturated carbocycles. The fourth-order valence-corrected chi connectivity index (χ4v) is 1.81. The minimum Gasteiger partial charge on any atom is -0.466 e. The summed E-state index contributed by atoms with van der Waals surface area (Å²) < 4.78 is 4.78. The molecule has 0 unspecified atom stereocenters. The van der Waals surface area contributed by atoms with Crippen LogP contribution >= 0.6 is 23.2 Å². The largest absolute Gasteiger partial charge is 0.466 e. The Labute approximate surface area is 122 Å². The second kappa shape index (κ2) is 8.02. The van der Waals surface area contributed by atoms with Gasteiger partial charge in [0.15, 0.2) is 0 Å². The molecule has 1 amide bonds. The number of rotatable bonds is 6. The average Bonchev–Trinajstić information content (AvgIpc) is 2.37. The third-order valence-electron chi connectivity index (χ3n) is 2.32. The van der Waals surface area contributed by atoms with E-state index in [1.165, 1.54) is 6.07 Å². The Morgan fingerprint density at radius 1 is 1.32 bits per heavy atom. The highest BCUT2D eigenvalue weighted by Crippen LogP contribution is 2.20. The van der Waals surface area contributed by atoms with Crippen LogP contribution in [0.2, 0.25) is 10.0 Å². The molecule has 104 valence electrons. The number of carbonyl (C=O) groups excluding carboxylic acids is 2. The molecule has 0 heterocycles. The van der Waals surface area contributed by atoms with Gasteiger partial charge in [0.1, 0.15) is 0 Å². The summed E-state index contributed by atoms with van der Waals surface area (Å²) in [5.74, 6) is -0.575. The zero-order chi connectivity index (χ0) is 14.3. The molecular formula is C13H15Cl2NO3. The zero-order valence-corrected chi connectivity index (χ0v) is 12.1. The van der Waals surface area contributed by atoms with Gasteiger partial charge in [0, 0.05) is 18.0 Å². The molecule has 0 atom stereocenters. The molecule has 6 heteroatoms. The molecule has 0 fully saturated rings. The molecule has 1 aromatic carbocycles. The van der Waals surface area contributed by atoms with Gasteiger partial charge in [-0.1, -0.05) is 23.2 Å². The van der Waals surface area contributed by atoms with E-state index >= 15 is 0 Å². The summed E-state index contributed by atoms with van der Waals surface area (Å²) in [5.41, 5.74) is 0.324. The van der Waals surface area contributed by atoms with Crippen LogP contribution in [0.3, 0.4) is 0 Å². The van der Waals surface area contributed by atoms with Crippen molar-refractivity contribution in [1.82, 2.24) is 5.32 Å². The SMILES string of the molecule is CCOC(=O)CCCNC(=O)c1cc(Cl)ccc1Cl. The summed E-state index contributed by atoms with van der Waals surface area (Å²) in [7, 11) is 0. The number of carbonyl (C=O) groups is 2. The highest BCUT2D eigenvalue weighted by Gasteiger charge is 2.10. The number of benzene rings is 1. The van der Waals surface area contributed by atoms with Crippen molar-refractivity contribution in [3.8, 4) is 0 Å². The van der Waals surface area contributed by atoms with Gasteiger partial charge in [-0.2, -0.15) is 0 Å². The molecule has 0 aliphatic carbocycles. The minimum atomic E-state index is -0.309. The van der Waals surface area contributed by atoms with E-state index in [1.54, 1.807) is 19.1 Å². The fraction of sp³-hybridized carbons (Fsp3) is 0.385. The summed E-state index contributed by atoms with van der Waals surface area (Å²) in [4.78, 5) is 22.9. The Bertz CT molecular complexity index is 463. The minimum absolute atomic E-state index is 0.266. The first kappa shape index (κ1) is 15.8. The molecule has 0 aliphatic heterocycles. The van der Waals surface area contributed by atoms with Gasteiger partial charge in [-0.3, -0.25) is 9.59 Å². The molecule has 0 bridgehead atoms. The zero-order valence-electron chi connectivity index (χ0n) is 10.5. The van der Waals surface area contributed by atoms with Crippen LogP contribution in [-0.4, -0.2) is 25.0 Å². The predicted octanol–water partition coefficient (Wildman–Crippen LogP) is 3.07. The Balaban J connectivity index is 2.39. The predicted molar refractivity (Wildman–Crippen MR) is 74.7 cm³/mol. The lowest BCUT2D eigenvalue weighted by atomic mass is 10.2. The molecular weight excluding hydrogens is 289 g/mol. The lowest BCUT2D eigenvalue weighted by Gasteiger charge is -2.07. The first-order valence-electron chi connectivity index (χ1n) is 5.93. The van der Waals surface area contributed by atoms with Crippen molar-refractivity contribution in [3.05, 3.63) is 33.8 Å². The number of amides is 1. The van der Waals surface area contributed by atoms with E-state index in [1.807, 2.05) is 0 Å². The van der Waals surface area contributed by atoms with Gasteiger partial charge < -0.3 is 10.1 Å². The van der Waals surface area contributed by atoms with Crippen LogP contribution in [0.25, 0.3) is 0 Å². The van der Waals surface area contributed by atoms with Crippen molar-refractivity contribution in [2.75, 3.05) is 13.2 Å². The molecule has 1 N–H and O–H groups in total. The number of ether oxygens (including phenoxy) is 1. The molecule has 0 aromatic heterocycles. The number of hydrogen-bond donors (Lipinski definition) is 1. The standard InChI is InChI=1S/C13H15Cl2NO3/c1-2-19-12(17)4-3-7-16-13(18)10-8-9(14)5-6-11(10)15/h5-6,8H,2-4,7H2,1H3,(H,16,18). The molecule has 0 spiro atoms. The smallest absolute Gasteiger partial charge is 0.305 e. The van der Waals surface area contributed by atoms with Crippen LogP contribution in [0.15, 0.2) is 18.2 Å². The fourth-order valence-electron chi connectivity index (χ4n) is 1.43. The maximum Gasteiger partial charge on any atom is 0.305 e. The van der Waals surface area contributed by atoms with Crippen molar-refractivity contribution in [2.45, 2.75) is 19.8 Å². The first-order chi connectivity index (χ1) is 9.04. The van der Waals surface area contributed by atoms with Gasteiger partial charge in [0.2, 0.25) is 0 Å². The van der Waals surface area contributed by atoms with Crippen LogP contribution in [-0.2, 0) is 9.53 Å². The van der Waals surface area contributed by atoms with Crippen molar-refractivity contribution in [3.63, 3.8) is 0 Å². The Morgan fingerprint density at radius 2 is 2.05 bits per heavy atom. The number of hydrogen-bond acceptors (Lipinski definition) is 3. The van der Waals surface area contributed by atoms with Gasteiger partial charge in [-0.25, -0.2) is 0 Å². The van der Waals surface area contributed by atoms with Crippen LogP contribution in [0, 0.1) is 0 Å². The van der Waals surface area contributed by atoms with E-state index in [-0.39, 0.29) is 18.3 Å². The third-order valence-corrected chi connectivity index (χ3v) is 2.89. The van der Waals surface area contributed by atoms with Crippen LogP contribution in [0.1, 0.15) is 30.1 Å². The van der Waals surface area contributed by atoms with Crippen molar-refractivity contribution < 1.29 is 14.3 Å². The summed E-state index contributed by atoms with van der Waals surface area (Å²) in [6.45, 7) is 2.49. The molecule has 0 saturated heterocycles. The highest BCUT2D eigenvalue weighted by atomic mass is 35.5. The average molecular weight is 304 g/mol. The molecule has 0 aliphatic rings. The van der Waals surface area contributed by atoms with Gasteiger partial charge in [0.05, 0.1) is 17.2 Å². The monoisotopic (exact) mass is 303 g/mol. The van der Waals surface area contributed by atoms with E-state index in [0.29, 0.717) is 35.2 Å². The summed E-state index contributed by atoms with van der Waals surface area (Å²) in [6.07, 6.45) is 0.792. The topological polar surface area (TPSA) is 55.4 Å². The highest BCUT2D eigenvalue weighted by molar-refractivity contribution is 6.35. The summed E-state index contributed by atoms with van der Waals surface area (Å²) >= 11 is 11.7. The van der Waals surface area contributed by atoms with E-state index in [9.17, 15) is 9.59 Å². The van der Waals surface area contributed by atoms with Gasteiger partial charge in [-0.05, 0) is 31.5 Å². The summed E-state index contributed by atoms with van der Waals surface area (Å²) in [6, 6.07) is 4.68. The van der Waals surface area contributed by atoms with Gasteiger partial charge in [0.25, 0.3) is 5.91 Å². The lowest BCUT2D eigenvalue weighted by Crippen LogP contribution is -2.25. The van der Waals surface area contributed by atoms with E-state index < -0.39 is 0 Å². The number of nitrogens with one attached hydrogen (secondary N) is 1. The Hall–Kier alpha value is -1.26. The number of esters is 1. The van der Waals surface area contributed by atoms with Crippen LogP contribution in [0.4, 0.5) is 0 Å². The van der Waals surface area contributed by atoms with E-state index in [0.717, 1.165) is 0 Å². The molecule has 1 aromatic rings. The summed E-state index contributed by atoms with van der Waals surface area (Å²) in [5, 5.41) is 3.46. The quantitative estimate of drug-likeness (QED) is 0.649. The number of halogens is 2. The van der Waals surface area contributed by atoms with Crippen molar-refractivity contribution in [2.24, 2.45) is 0 Å².